The topological polar surface area (TPSA) is 58.6 Å². The van der Waals surface area contributed by atoms with Crippen LogP contribution in [0.4, 0.5) is 4.79 Å². The van der Waals surface area contributed by atoms with E-state index in [9.17, 15) is 9.90 Å². The molecule has 2 atom stereocenters. The van der Waals surface area contributed by atoms with Crippen LogP contribution >= 0.6 is 0 Å². The minimum Gasteiger partial charge on any atom is -0.444 e. The predicted molar refractivity (Wildman–Crippen MR) is 57.6 cm³/mol. The molecule has 0 saturated heterocycles. The van der Waals surface area contributed by atoms with Crippen LogP contribution in [0.3, 0.4) is 0 Å². The molecule has 1 rings (SSSR count). The number of ether oxygens (including phenoxy) is 1. The zero-order valence-corrected chi connectivity index (χ0v) is 10.1. The fourth-order valence-electron chi connectivity index (χ4n) is 1.60. The number of alkyl carbamates (subject to hydrolysis) is 1. The van der Waals surface area contributed by atoms with Crippen molar-refractivity contribution in [3.05, 3.63) is 0 Å². The summed E-state index contributed by atoms with van der Waals surface area (Å²) >= 11 is 0. The molecule has 15 heavy (non-hydrogen) atoms. The molecule has 1 aliphatic carbocycles. The van der Waals surface area contributed by atoms with Crippen molar-refractivity contribution in [3.63, 3.8) is 0 Å². The minimum atomic E-state index is -0.476. The van der Waals surface area contributed by atoms with Crippen LogP contribution in [0.2, 0.25) is 0 Å². The number of aliphatic hydroxyl groups is 1. The van der Waals surface area contributed by atoms with Crippen molar-refractivity contribution in [3.8, 4) is 0 Å². The molecule has 1 aliphatic rings. The fraction of sp³-hybridized carbons (Fsp3) is 0.909. The first-order chi connectivity index (χ1) is 6.63. The highest BCUT2D eigenvalue weighted by Crippen LogP contribution is 2.40. The van der Waals surface area contributed by atoms with E-state index in [1.54, 1.807) is 0 Å². The Bertz CT molecular complexity index is 255. The van der Waals surface area contributed by atoms with E-state index in [1.807, 2.05) is 34.6 Å². The van der Waals surface area contributed by atoms with E-state index in [1.165, 1.54) is 0 Å². The molecule has 0 spiro atoms. The largest absolute Gasteiger partial charge is 0.444 e. The first-order valence-corrected chi connectivity index (χ1v) is 5.30. The smallest absolute Gasteiger partial charge is 0.407 e. The van der Waals surface area contributed by atoms with Gasteiger partial charge in [-0.1, -0.05) is 13.8 Å². The lowest BCUT2D eigenvalue weighted by Gasteiger charge is -2.49. The maximum absolute atomic E-state index is 11.4. The summed E-state index contributed by atoms with van der Waals surface area (Å²) in [5.41, 5.74) is -0.729. The van der Waals surface area contributed by atoms with Gasteiger partial charge in [-0.2, -0.15) is 0 Å². The standard InChI is InChI=1S/C11H21NO3/c1-10(2,3)15-9(14)12-7-6-8(13)11(7,4)5/h7-8,13H,6H2,1-5H3,(H,12,14)/t7-,8-/m0/s1. The highest BCUT2D eigenvalue weighted by molar-refractivity contribution is 5.68. The van der Waals surface area contributed by atoms with Gasteiger partial charge in [-0.05, 0) is 27.2 Å². The lowest BCUT2D eigenvalue weighted by Crippen LogP contribution is -2.61. The molecule has 0 aliphatic heterocycles. The van der Waals surface area contributed by atoms with Crippen LogP contribution in [0.1, 0.15) is 41.0 Å². The zero-order chi connectivity index (χ0) is 11.9. The molecule has 0 radical (unpaired) electrons. The Labute approximate surface area is 91.0 Å². The lowest BCUT2D eigenvalue weighted by molar-refractivity contribution is -0.0732. The highest BCUT2D eigenvalue weighted by Gasteiger charge is 2.48. The van der Waals surface area contributed by atoms with Gasteiger partial charge in [0, 0.05) is 11.5 Å². The molecule has 1 amide bonds. The molecule has 0 bridgehead atoms. The van der Waals surface area contributed by atoms with Gasteiger partial charge in [0.05, 0.1) is 6.10 Å². The Morgan fingerprint density at radius 1 is 1.47 bits per heavy atom. The molecule has 0 aromatic heterocycles. The molecule has 0 heterocycles. The number of rotatable bonds is 1. The Balaban J connectivity index is 2.41. The van der Waals surface area contributed by atoms with Crippen molar-refractivity contribution in [1.29, 1.82) is 0 Å². The van der Waals surface area contributed by atoms with Crippen molar-refractivity contribution in [1.82, 2.24) is 5.32 Å². The van der Waals surface area contributed by atoms with Gasteiger partial charge in [0.2, 0.25) is 0 Å². The van der Waals surface area contributed by atoms with Crippen LogP contribution < -0.4 is 5.32 Å². The van der Waals surface area contributed by atoms with Crippen molar-refractivity contribution in [2.75, 3.05) is 0 Å². The molecule has 0 aromatic rings. The number of carbonyl (C=O) groups excluding carboxylic acids is 1. The summed E-state index contributed by atoms with van der Waals surface area (Å²) in [6.45, 7) is 9.35. The summed E-state index contributed by atoms with van der Waals surface area (Å²) in [6.07, 6.45) is -0.142. The van der Waals surface area contributed by atoms with Gasteiger partial charge in [-0.15, -0.1) is 0 Å². The third kappa shape index (κ3) is 2.84. The molecule has 1 fully saturated rings. The zero-order valence-electron chi connectivity index (χ0n) is 10.1. The van der Waals surface area contributed by atoms with Crippen molar-refractivity contribution in [2.24, 2.45) is 5.41 Å². The molecule has 0 aromatic carbocycles. The molecular formula is C11H21NO3. The molecule has 4 heteroatoms. The predicted octanol–water partition coefficient (Wildman–Crippen LogP) is 1.67. The first kappa shape index (κ1) is 12.3. The lowest BCUT2D eigenvalue weighted by atomic mass is 9.65. The van der Waals surface area contributed by atoms with Gasteiger partial charge in [0.15, 0.2) is 0 Å². The average molecular weight is 215 g/mol. The second kappa shape index (κ2) is 3.67. The van der Waals surface area contributed by atoms with Crippen LogP contribution in [-0.2, 0) is 4.74 Å². The number of amides is 1. The summed E-state index contributed by atoms with van der Waals surface area (Å²) in [7, 11) is 0. The van der Waals surface area contributed by atoms with Crippen molar-refractivity contribution >= 4 is 6.09 Å². The SMILES string of the molecule is CC(C)(C)OC(=O)N[C@H]1C[C@H](O)C1(C)C. The molecule has 1 saturated carbocycles. The summed E-state index contributed by atoms with van der Waals surface area (Å²) in [5.74, 6) is 0. The fourth-order valence-corrected chi connectivity index (χ4v) is 1.60. The van der Waals surface area contributed by atoms with Crippen LogP contribution in [0, 0.1) is 5.41 Å². The van der Waals surface area contributed by atoms with E-state index < -0.39 is 11.7 Å². The molecule has 88 valence electrons. The van der Waals surface area contributed by atoms with E-state index >= 15 is 0 Å². The molecule has 2 N–H and O–H groups in total. The van der Waals surface area contributed by atoms with E-state index in [4.69, 9.17) is 4.74 Å². The Morgan fingerprint density at radius 2 is 2.00 bits per heavy atom. The van der Waals surface area contributed by atoms with Crippen LogP contribution in [0.15, 0.2) is 0 Å². The van der Waals surface area contributed by atoms with Gasteiger partial charge < -0.3 is 15.2 Å². The van der Waals surface area contributed by atoms with Crippen LogP contribution in [0.25, 0.3) is 0 Å². The van der Waals surface area contributed by atoms with E-state index in [2.05, 4.69) is 5.32 Å². The second-order valence-electron chi connectivity index (χ2n) is 5.77. The van der Waals surface area contributed by atoms with Crippen LogP contribution in [0.5, 0.6) is 0 Å². The quantitative estimate of drug-likeness (QED) is 0.699. The summed E-state index contributed by atoms with van der Waals surface area (Å²) in [4.78, 5) is 11.4. The maximum atomic E-state index is 11.4. The van der Waals surface area contributed by atoms with Gasteiger partial charge in [-0.25, -0.2) is 4.79 Å². The number of nitrogens with one attached hydrogen (secondary N) is 1. The van der Waals surface area contributed by atoms with Gasteiger partial charge in [-0.3, -0.25) is 0 Å². The molecular weight excluding hydrogens is 194 g/mol. The van der Waals surface area contributed by atoms with Gasteiger partial charge in [0.1, 0.15) is 5.60 Å². The number of hydrogen-bond donors (Lipinski definition) is 2. The van der Waals surface area contributed by atoms with E-state index in [-0.39, 0.29) is 17.6 Å². The Kier molecular flexibility index (Phi) is 3.01. The Morgan fingerprint density at radius 3 is 2.33 bits per heavy atom. The third-order valence-electron chi connectivity index (χ3n) is 2.91. The van der Waals surface area contributed by atoms with Crippen molar-refractivity contribution in [2.45, 2.75) is 58.8 Å². The first-order valence-electron chi connectivity index (χ1n) is 5.30. The van der Waals surface area contributed by atoms with Gasteiger partial charge in [0.25, 0.3) is 0 Å². The number of hydrogen-bond acceptors (Lipinski definition) is 3. The van der Waals surface area contributed by atoms with Crippen molar-refractivity contribution < 1.29 is 14.6 Å². The van der Waals surface area contributed by atoms with E-state index in [0.29, 0.717) is 6.42 Å². The van der Waals surface area contributed by atoms with Crippen LogP contribution in [-0.4, -0.2) is 28.9 Å². The minimum absolute atomic E-state index is 0.00218. The number of aliphatic hydroxyl groups excluding tert-OH is 1. The monoisotopic (exact) mass is 215 g/mol. The molecule has 4 nitrogen and oxygen atoms in total. The Hall–Kier alpha value is -0.770. The normalized spacial score (nSPS) is 29.2. The third-order valence-corrected chi connectivity index (χ3v) is 2.91. The average Bonchev–Trinajstić information content (AvgIpc) is 2.00. The highest BCUT2D eigenvalue weighted by atomic mass is 16.6. The number of carbonyl (C=O) groups is 1. The second-order valence-corrected chi connectivity index (χ2v) is 5.77. The summed E-state index contributed by atoms with van der Waals surface area (Å²) < 4.78 is 5.14. The van der Waals surface area contributed by atoms with Gasteiger partial charge >= 0.3 is 6.09 Å². The summed E-state index contributed by atoms with van der Waals surface area (Å²) in [6, 6.07) is 0.00218. The van der Waals surface area contributed by atoms with E-state index in [0.717, 1.165) is 0 Å². The molecule has 0 unspecified atom stereocenters. The summed E-state index contributed by atoms with van der Waals surface area (Å²) in [5, 5.41) is 12.3. The maximum Gasteiger partial charge on any atom is 0.407 e.